The average molecular weight is 200 g/mol. The summed E-state index contributed by atoms with van der Waals surface area (Å²) in [6, 6.07) is 0. The molecule has 1 heterocycles. The maximum atomic E-state index is 11.3. The summed E-state index contributed by atoms with van der Waals surface area (Å²) in [5, 5.41) is 0. The Hall–Kier alpha value is -0.770. The third kappa shape index (κ3) is 3.18. The summed E-state index contributed by atoms with van der Waals surface area (Å²) in [5.74, 6) is 0.689. The fraction of sp³-hybridized carbons (Fsp3) is 0.900. The molecule has 1 rings (SSSR count). The maximum Gasteiger partial charge on any atom is 0.409 e. The SMILES string of the molecule is COC(=O)N1CCCC(CCN)CC1. The van der Waals surface area contributed by atoms with E-state index in [1.165, 1.54) is 13.5 Å². The molecule has 0 radical (unpaired) electrons. The van der Waals surface area contributed by atoms with E-state index in [1.54, 1.807) is 4.90 Å². The van der Waals surface area contributed by atoms with Crippen molar-refractivity contribution < 1.29 is 9.53 Å². The minimum absolute atomic E-state index is 0.196. The molecule has 0 aromatic carbocycles. The highest BCUT2D eigenvalue weighted by Crippen LogP contribution is 2.20. The molecule has 82 valence electrons. The Balaban J connectivity index is 2.36. The molecule has 0 spiro atoms. The van der Waals surface area contributed by atoms with E-state index in [0.717, 1.165) is 38.9 Å². The van der Waals surface area contributed by atoms with Gasteiger partial charge in [-0.25, -0.2) is 4.79 Å². The molecular formula is C10H20N2O2. The van der Waals surface area contributed by atoms with Crippen molar-refractivity contribution in [1.82, 2.24) is 4.90 Å². The third-order valence-electron chi connectivity index (χ3n) is 2.86. The van der Waals surface area contributed by atoms with E-state index in [0.29, 0.717) is 5.92 Å². The lowest BCUT2D eigenvalue weighted by atomic mass is 9.97. The van der Waals surface area contributed by atoms with Crippen LogP contribution in [0.3, 0.4) is 0 Å². The predicted octanol–water partition coefficient (Wildman–Crippen LogP) is 1.20. The lowest BCUT2D eigenvalue weighted by molar-refractivity contribution is 0.124. The second-order valence-corrected chi connectivity index (χ2v) is 3.83. The zero-order chi connectivity index (χ0) is 10.4. The van der Waals surface area contributed by atoms with Crippen LogP contribution in [-0.4, -0.2) is 37.7 Å². The Kier molecular flexibility index (Phi) is 4.73. The number of hydrogen-bond donors (Lipinski definition) is 1. The summed E-state index contributed by atoms with van der Waals surface area (Å²) < 4.78 is 4.70. The number of likely N-dealkylation sites (tertiary alicyclic amines) is 1. The van der Waals surface area contributed by atoms with Gasteiger partial charge < -0.3 is 15.4 Å². The third-order valence-corrected chi connectivity index (χ3v) is 2.86. The summed E-state index contributed by atoms with van der Waals surface area (Å²) in [7, 11) is 1.44. The van der Waals surface area contributed by atoms with Gasteiger partial charge in [-0.3, -0.25) is 0 Å². The molecule has 0 aromatic heterocycles. The molecule has 1 amide bonds. The highest BCUT2D eigenvalue weighted by Gasteiger charge is 2.20. The van der Waals surface area contributed by atoms with E-state index in [1.807, 2.05) is 0 Å². The Morgan fingerprint density at radius 2 is 2.29 bits per heavy atom. The number of rotatable bonds is 2. The molecule has 1 aliphatic rings. The number of carbonyl (C=O) groups is 1. The second-order valence-electron chi connectivity index (χ2n) is 3.83. The van der Waals surface area contributed by atoms with Crippen molar-refractivity contribution >= 4 is 6.09 Å². The van der Waals surface area contributed by atoms with Gasteiger partial charge in [0.2, 0.25) is 0 Å². The van der Waals surface area contributed by atoms with Crippen molar-refractivity contribution in [2.24, 2.45) is 11.7 Å². The summed E-state index contributed by atoms with van der Waals surface area (Å²) in [6.07, 6.45) is 4.20. The van der Waals surface area contributed by atoms with Gasteiger partial charge in [-0.2, -0.15) is 0 Å². The van der Waals surface area contributed by atoms with Crippen LogP contribution in [0.15, 0.2) is 0 Å². The van der Waals surface area contributed by atoms with E-state index in [-0.39, 0.29) is 6.09 Å². The largest absolute Gasteiger partial charge is 0.453 e. The number of carbonyl (C=O) groups excluding carboxylic acids is 1. The molecule has 0 bridgehead atoms. The van der Waals surface area contributed by atoms with Gasteiger partial charge in [0.05, 0.1) is 7.11 Å². The van der Waals surface area contributed by atoms with E-state index in [2.05, 4.69) is 0 Å². The van der Waals surface area contributed by atoms with E-state index in [9.17, 15) is 4.79 Å². The molecule has 14 heavy (non-hydrogen) atoms. The molecule has 1 saturated heterocycles. The number of hydrogen-bond acceptors (Lipinski definition) is 3. The van der Waals surface area contributed by atoms with Crippen LogP contribution in [0, 0.1) is 5.92 Å². The molecule has 1 unspecified atom stereocenters. The zero-order valence-corrected chi connectivity index (χ0v) is 8.87. The fourth-order valence-electron chi connectivity index (χ4n) is 2.00. The van der Waals surface area contributed by atoms with Crippen molar-refractivity contribution in [3.8, 4) is 0 Å². The monoisotopic (exact) mass is 200 g/mol. The lowest BCUT2D eigenvalue weighted by Crippen LogP contribution is -2.31. The van der Waals surface area contributed by atoms with Gasteiger partial charge in [0.25, 0.3) is 0 Å². The Labute approximate surface area is 85.4 Å². The van der Waals surface area contributed by atoms with Gasteiger partial charge in [0, 0.05) is 13.1 Å². The minimum atomic E-state index is -0.196. The first kappa shape index (κ1) is 11.3. The second kappa shape index (κ2) is 5.86. The quantitative estimate of drug-likeness (QED) is 0.728. The van der Waals surface area contributed by atoms with Gasteiger partial charge in [-0.05, 0) is 38.1 Å². The standard InChI is InChI=1S/C10H20N2O2/c1-14-10(13)12-7-2-3-9(4-6-11)5-8-12/h9H,2-8,11H2,1H3. The number of methoxy groups -OCH3 is 1. The van der Waals surface area contributed by atoms with Gasteiger partial charge in [0.15, 0.2) is 0 Å². The molecule has 0 aliphatic carbocycles. The highest BCUT2D eigenvalue weighted by molar-refractivity contribution is 5.67. The number of nitrogens with zero attached hydrogens (tertiary/aromatic N) is 1. The van der Waals surface area contributed by atoms with Crippen molar-refractivity contribution in [3.63, 3.8) is 0 Å². The molecule has 1 atom stereocenters. The first-order chi connectivity index (χ1) is 6.77. The zero-order valence-electron chi connectivity index (χ0n) is 8.87. The van der Waals surface area contributed by atoms with Crippen LogP contribution in [0.4, 0.5) is 4.79 Å². The topological polar surface area (TPSA) is 55.6 Å². The molecular weight excluding hydrogens is 180 g/mol. The summed E-state index contributed by atoms with van der Waals surface area (Å²) in [6.45, 7) is 2.40. The fourth-order valence-corrected chi connectivity index (χ4v) is 2.00. The summed E-state index contributed by atoms with van der Waals surface area (Å²) in [4.78, 5) is 13.1. The predicted molar refractivity (Wildman–Crippen MR) is 55.0 cm³/mol. The molecule has 2 N–H and O–H groups in total. The maximum absolute atomic E-state index is 11.3. The van der Waals surface area contributed by atoms with Crippen LogP contribution in [0.2, 0.25) is 0 Å². The van der Waals surface area contributed by atoms with Crippen LogP contribution < -0.4 is 5.73 Å². The van der Waals surface area contributed by atoms with E-state index in [4.69, 9.17) is 10.5 Å². The van der Waals surface area contributed by atoms with E-state index < -0.39 is 0 Å². The Morgan fingerprint density at radius 1 is 1.50 bits per heavy atom. The van der Waals surface area contributed by atoms with Crippen molar-refractivity contribution in [1.29, 1.82) is 0 Å². The van der Waals surface area contributed by atoms with Crippen LogP contribution in [0.1, 0.15) is 25.7 Å². The van der Waals surface area contributed by atoms with Crippen molar-refractivity contribution in [3.05, 3.63) is 0 Å². The van der Waals surface area contributed by atoms with Crippen molar-refractivity contribution in [2.75, 3.05) is 26.7 Å². The van der Waals surface area contributed by atoms with Gasteiger partial charge >= 0.3 is 6.09 Å². The smallest absolute Gasteiger partial charge is 0.409 e. The average Bonchev–Trinajstić information content (AvgIpc) is 2.43. The molecule has 1 fully saturated rings. The first-order valence-corrected chi connectivity index (χ1v) is 5.31. The van der Waals surface area contributed by atoms with Crippen LogP contribution in [-0.2, 0) is 4.74 Å². The summed E-state index contributed by atoms with van der Waals surface area (Å²) in [5.41, 5.74) is 5.53. The molecule has 1 aliphatic heterocycles. The van der Waals surface area contributed by atoms with Crippen molar-refractivity contribution in [2.45, 2.75) is 25.7 Å². The van der Waals surface area contributed by atoms with Gasteiger partial charge in [0.1, 0.15) is 0 Å². The first-order valence-electron chi connectivity index (χ1n) is 5.31. The number of ether oxygens (including phenoxy) is 1. The van der Waals surface area contributed by atoms with Crippen LogP contribution in [0.25, 0.3) is 0 Å². The van der Waals surface area contributed by atoms with E-state index >= 15 is 0 Å². The summed E-state index contributed by atoms with van der Waals surface area (Å²) >= 11 is 0. The normalized spacial score (nSPS) is 23.0. The minimum Gasteiger partial charge on any atom is -0.453 e. The van der Waals surface area contributed by atoms with Crippen LogP contribution in [0.5, 0.6) is 0 Å². The molecule has 4 heteroatoms. The lowest BCUT2D eigenvalue weighted by Gasteiger charge is -2.18. The van der Waals surface area contributed by atoms with Gasteiger partial charge in [-0.1, -0.05) is 0 Å². The molecule has 0 aromatic rings. The van der Waals surface area contributed by atoms with Crippen LogP contribution >= 0.6 is 0 Å². The number of amides is 1. The Bertz CT molecular complexity index is 185. The Morgan fingerprint density at radius 3 is 2.93 bits per heavy atom. The highest BCUT2D eigenvalue weighted by atomic mass is 16.5. The van der Waals surface area contributed by atoms with Gasteiger partial charge in [-0.15, -0.1) is 0 Å². The number of nitrogens with two attached hydrogens (primary N) is 1. The molecule has 0 saturated carbocycles. The molecule has 4 nitrogen and oxygen atoms in total.